The molecule has 1 fully saturated rings. The minimum absolute atomic E-state index is 0.0152. The van der Waals surface area contributed by atoms with Gasteiger partial charge in [-0.15, -0.1) is 0 Å². The van der Waals surface area contributed by atoms with Gasteiger partial charge in [0.25, 0.3) is 0 Å². The zero-order valence-corrected chi connectivity index (χ0v) is 16.3. The average molecular weight is 396 g/mol. The molecular weight excluding hydrogens is 374 g/mol. The van der Waals surface area contributed by atoms with E-state index in [1.54, 1.807) is 24.3 Å². The molecule has 0 unspecified atom stereocenters. The summed E-state index contributed by atoms with van der Waals surface area (Å²) in [6, 6.07) is 16.6. The summed E-state index contributed by atoms with van der Waals surface area (Å²) >= 11 is 5.86. The molecule has 0 N–H and O–H groups in total. The maximum absolute atomic E-state index is 12.4. The fourth-order valence-electron chi connectivity index (χ4n) is 2.96. The number of ether oxygens (including phenoxy) is 1. The van der Waals surface area contributed by atoms with Gasteiger partial charge in [0, 0.05) is 43.8 Å². The molecule has 1 aliphatic rings. The van der Waals surface area contributed by atoms with Crippen LogP contribution >= 0.6 is 11.6 Å². The Hall–Kier alpha value is -2.81. The van der Waals surface area contributed by atoms with Crippen molar-refractivity contribution in [2.24, 2.45) is 0 Å². The van der Waals surface area contributed by atoms with E-state index in [0.29, 0.717) is 30.3 Å². The first-order valence-electron chi connectivity index (χ1n) is 9.22. The van der Waals surface area contributed by atoms with Crippen molar-refractivity contribution >= 4 is 23.6 Å². The van der Waals surface area contributed by atoms with Crippen LogP contribution in [0, 0.1) is 11.3 Å². The molecule has 0 spiro atoms. The van der Waals surface area contributed by atoms with Crippen LogP contribution in [0.4, 0.5) is 0 Å². The lowest BCUT2D eigenvalue weighted by Gasteiger charge is -2.34. The van der Waals surface area contributed by atoms with Gasteiger partial charge in [-0.2, -0.15) is 5.26 Å². The third-order valence-electron chi connectivity index (χ3n) is 4.63. The van der Waals surface area contributed by atoms with Gasteiger partial charge in [0.15, 0.2) is 0 Å². The number of halogens is 1. The van der Waals surface area contributed by atoms with E-state index in [-0.39, 0.29) is 5.91 Å². The monoisotopic (exact) mass is 395 g/mol. The third kappa shape index (κ3) is 5.85. The predicted molar refractivity (Wildman–Crippen MR) is 110 cm³/mol. The standard InChI is InChI=1S/C22H22ClN3O2/c23-20-6-8-21(9-7-20)28-16-15-25-11-13-26(14-12-25)22(27)10-5-18-1-3-19(17-24)4-2-18/h1-10H,11-16H2/b10-5+. The Balaban J connectivity index is 1.39. The number of carbonyl (C=O) groups is 1. The Kier molecular flexibility index (Phi) is 7.07. The Morgan fingerprint density at radius 3 is 2.39 bits per heavy atom. The molecule has 28 heavy (non-hydrogen) atoms. The van der Waals surface area contributed by atoms with Crippen LogP contribution in [0.5, 0.6) is 5.75 Å². The SMILES string of the molecule is N#Cc1ccc(/C=C/C(=O)N2CCN(CCOc3ccc(Cl)cc3)CC2)cc1. The summed E-state index contributed by atoms with van der Waals surface area (Å²) in [6.07, 6.45) is 3.39. The van der Waals surface area contributed by atoms with Crippen molar-refractivity contribution in [2.45, 2.75) is 0 Å². The fourth-order valence-corrected chi connectivity index (χ4v) is 3.08. The van der Waals surface area contributed by atoms with Gasteiger partial charge in [0.2, 0.25) is 5.91 Å². The number of nitriles is 1. The van der Waals surface area contributed by atoms with Crippen molar-refractivity contribution in [3.63, 3.8) is 0 Å². The van der Waals surface area contributed by atoms with Crippen molar-refractivity contribution in [1.82, 2.24) is 9.80 Å². The number of nitrogens with zero attached hydrogens (tertiary/aromatic N) is 3. The Morgan fingerprint density at radius 1 is 1.07 bits per heavy atom. The van der Waals surface area contributed by atoms with Gasteiger partial charge in [-0.25, -0.2) is 0 Å². The first-order valence-corrected chi connectivity index (χ1v) is 9.60. The molecule has 0 radical (unpaired) electrons. The summed E-state index contributed by atoms with van der Waals surface area (Å²) in [7, 11) is 0. The quantitative estimate of drug-likeness (QED) is 0.703. The van der Waals surface area contributed by atoms with Gasteiger partial charge < -0.3 is 9.64 Å². The Bertz CT molecular complexity index is 849. The highest BCUT2D eigenvalue weighted by Gasteiger charge is 2.19. The van der Waals surface area contributed by atoms with Crippen LogP contribution in [-0.2, 0) is 4.79 Å². The number of rotatable bonds is 6. The largest absolute Gasteiger partial charge is 0.492 e. The van der Waals surface area contributed by atoms with Crippen LogP contribution in [0.15, 0.2) is 54.6 Å². The minimum atomic E-state index is 0.0152. The van der Waals surface area contributed by atoms with Gasteiger partial charge >= 0.3 is 0 Å². The van der Waals surface area contributed by atoms with Gasteiger partial charge in [0.05, 0.1) is 11.6 Å². The highest BCUT2D eigenvalue weighted by atomic mass is 35.5. The molecule has 5 nitrogen and oxygen atoms in total. The summed E-state index contributed by atoms with van der Waals surface area (Å²) < 4.78 is 5.73. The number of carbonyl (C=O) groups excluding carboxylic acids is 1. The van der Waals surface area contributed by atoms with Crippen LogP contribution in [-0.4, -0.2) is 55.0 Å². The number of benzene rings is 2. The zero-order chi connectivity index (χ0) is 19.8. The minimum Gasteiger partial charge on any atom is -0.492 e. The molecule has 0 bridgehead atoms. The molecule has 3 rings (SSSR count). The second kappa shape index (κ2) is 9.93. The molecular formula is C22H22ClN3O2. The normalized spacial score (nSPS) is 14.8. The van der Waals surface area contributed by atoms with E-state index >= 15 is 0 Å². The number of piperazine rings is 1. The lowest BCUT2D eigenvalue weighted by atomic mass is 10.1. The number of hydrogen-bond donors (Lipinski definition) is 0. The van der Waals surface area contributed by atoms with Crippen molar-refractivity contribution in [3.05, 3.63) is 70.8 Å². The maximum Gasteiger partial charge on any atom is 0.246 e. The number of hydrogen-bond acceptors (Lipinski definition) is 4. The molecule has 1 aliphatic heterocycles. The molecule has 1 amide bonds. The maximum atomic E-state index is 12.4. The van der Waals surface area contributed by atoms with E-state index < -0.39 is 0 Å². The third-order valence-corrected chi connectivity index (χ3v) is 4.88. The van der Waals surface area contributed by atoms with Gasteiger partial charge in [0.1, 0.15) is 12.4 Å². The molecule has 0 aliphatic carbocycles. The summed E-state index contributed by atoms with van der Waals surface area (Å²) in [5.41, 5.74) is 1.52. The van der Waals surface area contributed by atoms with Crippen molar-refractivity contribution in [2.75, 3.05) is 39.3 Å². The molecule has 0 atom stereocenters. The molecule has 2 aromatic carbocycles. The zero-order valence-electron chi connectivity index (χ0n) is 15.6. The highest BCUT2D eigenvalue weighted by molar-refractivity contribution is 6.30. The molecule has 6 heteroatoms. The van der Waals surface area contributed by atoms with Crippen LogP contribution < -0.4 is 4.74 Å². The van der Waals surface area contributed by atoms with E-state index in [0.717, 1.165) is 30.9 Å². The van der Waals surface area contributed by atoms with Crippen LogP contribution in [0.25, 0.3) is 6.08 Å². The average Bonchev–Trinajstić information content (AvgIpc) is 2.74. The van der Waals surface area contributed by atoms with Crippen LogP contribution in [0.3, 0.4) is 0 Å². The first-order chi connectivity index (χ1) is 13.6. The van der Waals surface area contributed by atoms with Crippen LogP contribution in [0.1, 0.15) is 11.1 Å². The summed E-state index contributed by atoms with van der Waals surface area (Å²) in [5, 5.41) is 9.51. The molecule has 0 aromatic heterocycles. The summed E-state index contributed by atoms with van der Waals surface area (Å²) in [5.74, 6) is 0.826. The van der Waals surface area contributed by atoms with Crippen molar-refractivity contribution < 1.29 is 9.53 Å². The second-order valence-corrected chi connectivity index (χ2v) is 6.97. The summed E-state index contributed by atoms with van der Waals surface area (Å²) in [4.78, 5) is 16.5. The highest BCUT2D eigenvalue weighted by Crippen LogP contribution is 2.15. The van der Waals surface area contributed by atoms with Crippen LogP contribution in [0.2, 0.25) is 5.02 Å². The molecule has 1 saturated heterocycles. The predicted octanol–water partition coefficient (Wildman–Crippen LogP) is 3.45. The smallest absolute Gasteiger partial charge is 0.246 e. The van der Waals surface area contributed by atoms with E-state index in [4.69, 9.17) is 21.6 Å². The van der Waals surface area contributed by atoms with E-state index in [1.807, 2.05) is 41.3 Å². The fraction of sp³-hybridized carbons (Fsp3) is 0.273. The lowest BCUT2D eigenvalue weighted by Crippen LogP contribution is -2.49. The Labute approximate surface area is 170 Å². The first kappa shape index (κ1) is 19.9. The molecule has 0 saturated carbocycles. The lowest BCUT2D eigenvalue weighted by molar-refractivity contribution is -0.127. The number of amides is 1. The van der Waals surface area contributed by atoms with E-state index in [9.17, 15) is 4.79 Å². The molecule has 1 heterocycles. The van der Waals surface area contributed by atoms with Crippen molar-refractivity contribution in [1.29, 1.82) is 5.26 Å². The van der Waals surface area contributed by atoms with Crippen molar-refractivity contribution in [3.8, 4) is 11.8 Å². The Morgan fingerprint density at radius 2 is 1.75 bits per heavy atom. The van der Waals surface area contributed by atoms with Gasteiger partial charge in [-0.3, -0.25) is 9.69 Å². The second-order valence-electron chi connectivity index (χ2n) is 6.54. The van der Waals surface area contributed by atoms with E-state index in [1.165, 1.54) is 0 Å². The van der Waals surface area contributed by atoms with Gasteiger partial charge in [-0.05, 0) is 48.0 Å². The molecule has 2 aromatic rings. The topological polar surface area (TPSA) is 56.6 Å². The summed E-state index contributed by atoms with van der Waals surface area (Å²) in [6.45, 7) is 4.51. The van der Waals surface area contributed by atoms with Gasteiger partial charge in [-0.1, -0.05) is 23.7 Å². The van der Waals surface area contributed by atoms with E-state index in [2.05, 4.69) is 11.0 Å². The molecule has 144 valence electrons.